The maximum atomic E-state index is 10.9. The zero-order chi connectivity index (χ0) is 8.72. The van der Waals surface area contributed by atoms with E-state index in [1.54, 1.807) is 6.20 Å². The summed E-state index contributed by atoms with van der Waals surface area (Å²) in [6.45, 7) is 3.88. The molecular formula is C8H9N3O. The van der Waals surface area contributed by atoms with E-state index in [1.165, 1.54) is 6.07 Å². The number of fused-ring (bicyclic) bond motifs is 1. The summed E-state index contributed by atoms with van der Waals surface area (Å²) in [5, 5.41) is 0. The molecule has 2 heterocycles. The Hall–Kier alpha value is -1.58. The molecule has 0 unspecified atom stereocenters. The van der Waals surface area contributed by atoms with Gasteiger partial charge >= 0.3 is 0 Å². The highest BCUT2D eigenvalue weighted by Crippen LogP contribution is 2.05. The van der Waals surface area contributed by atoms with E-state index < -0.39 is 0 Å². The molecule has 0 aliphatic carbocycles. The lowest BCUT2D eigenvalue weighted by Gasteiger charge is -1.92. The second-order valence-corrected chi connectivity index (χ2v) is 2.78. The van der Waals surface area contributed by atoms with Gasteiger partial charge in [0.05, 0.1) is 5.69 Å². The average Bonchev–Trinajstić information content (AvgIpc) is 2.28. The molecule has 0 saturated heterocycles. The molecule has 12 heavy (non-hydrogen) atoms. The van der Waals surface area contributed by atoms with E-state index >= 15 is 0 Å². The summed E-state index contributed by atoms with van der Waals surface area (Å²) in [6.07, 6.45) is 1.73. The SMILES string of the molecule is Cc1nc2[nH]c(=O)ccn2c1C. The Kier molecular flexibility index (Phi) is 1.30. The van der Waals surface area contributed by atoms with E-state index in [0.29, 0.717) is 5.78 Å². The third-order valence-corrected chi connectivity index (χ3v) is 2.00. The van der Waals surface area contributed by atoms with E-state index in [2.05, 4.69) is 9.97 Å². The third-order valence-electron chi connectivity index (χ3n) is 2.00. The number of imidazole rings is 1. The van der Waals surface area contributed by atoms with Crippen LogP contribution in [0.5, 0.6) is 0 Å². The van der Waals surface area contributed by atoms with Gasteiger partial charge in [0.15, 0.2) is 0 Å². The van der Waals surface area contributed by atoms with Crippen LogP contribution in [0.2, 0.25) is 0 Å². The number of nitrogens with zero attached hydrogens (tertiary/aromatic N) is 2. The number of hydrogen-bond acceptors (Lipinski definition) is 2. The molecule has 0 bridgehead atoms. The highest BCUT2D eigenvalue weighted by molar-refractivity contribution is 5.33. The highest BCUT2D eigenvalue weighted by Gasteiger charge is 2.02. The van der Waals surface area contributed by atoms with Gasteiger partial charge in [-0.05, 0) is 13.8 Å². The predicted octanol–water partition coefficient (Wildman–Crippen LogP) is 0.639. The van der Waals surface area contributed by atoms with Crippen LogP contribution in [0.4, 0.5) is 0 Å². The average molecular weight is 163 g/mol. The minimum atomic E-state index is -0.118. The number of rotatable bonds is 0. The molecule has 0 aliphatic rings. The van der Waals surface area contributed by atoms with Gasteiger partial charge in [0, 0.05) is 18.0 Å². The number of hydrogen-bond donors (Lipinski definition) is 1. The molecule has 0 fully saturated rings. The molecule has 4 nitrogen and oxygen atoms in total. The summed E-state index contributed by atoms with van der Waals surface area (Å²) >= 11 is 0. The van der Waals surface area contributed by atoms with Crippen LogP contribution in [0.3, 0.4) is 0 Å². The minimum absolute atomic E-state index is 0.118. The van der Waals surface area contributed by atoms with Gasteiger partial charge in [-0.1, -0.05) is 0 Å². The normalized spacial score (nSPS) is 10.8. The molecule has 4 heteroatoms. The lowest BCUT2D eigenvalue weighted by Crippen LogP contribution is -2.05. The first kappa shape index (κ1) is 7.09. The summed E-state index contributed by atoms with van der Waals surface area (Å²) in [5.74, 6) is 0.609. The Bertz CT molecular complexity index is 480. The fourth-order valence-electron chi connectivity index (χ4n) is 1.19. The maximum Gasteiger partial charge on any atom is 0.252 e. The molecule has 0 saturated carbocycles. The van der Waals surface area contributed by atoms with Crippen LogP contribution in [0.15, 0.2) is 17.1 Å². The fraction of sp³-hybridized carbons (Fsp3) is 0.250. The molecule has 0 aliphatic heterocycles. The molecular weight excluding hydrogens is 154 g/mol. The highest BCUT2D eigenvalue weighted by atomic mass is 16.1. The summed E-state index contributed by atoms with van der Waals surface area (Å²) in [7, 11) is 0. The van der Waals surface area contributed by atoms with E-state index in [-0.39, 0.29) is 5.56 Å². The van der Waals surface area contributed by atoms with Crippen LogP contribution in [-0.2, 0) is 0 Å². The van der Waals surface area contributed by atoms with Gasteiger partial charge in [0.2, 0.25) is 5.78 Å². The van der Waals surface area contributed by atoms with Gasteiger partial charge < -0.3 is 0 Å². The van der Waals surface area contributed by atoms with Crippen molar-refractivity contribution in [2.45, 2.75) is 13.8 Å². The first-order chi connectivity index (χ1) is 5.68. The smallest absolute Gasteiger partial charge is 0.252 e. The van der Waals surface area contributed by atoms with Gasteiger partial charge in [0.1, 0.15) is 0 Å². The lowest BCUT2D eigenvalue weighted by molar-refractivity contribution is 1.04. The van der Waals surface area contributed by atoms with Crippen LogP contribution in [0, 0.1) is 13.8 Å². The van der Waals surface area contributed by atoms with Crippen LogP contribution in [0.1, 0.15) is 11.4 Å². The molecule has 2 aromatic rings. The Morgan fingerprint density at radius 1 is 1.50 bits per heavy atom. The largest absolute Gasteiger partial charge is 0.292 e. The monoisotopic (exact) mass is 163 g/mol. The van der Waals surface area contributed by atoms with Crippen LogP contribution < -0.4 is 5.56 Å². The molecule has 0 atom stereocenters. The van der Waals surface area contributed by atoms with Crippen molar-refractivity contribution in [1.82, 2.24) is 14.4 Å². The quantitative estimate of drug-likeness (QED) is 0.619. The molecule has 0 spiro atoms. The second-order valence-electron chi connectivity index (χ2n) is 2.78. The van der Waals surface area contributed by atoms with Gasteiger partial charge in [-0.2, -0.15) is 0 Å². The van der Waals surface area contributed by atoms with Gasteiger partial charge in [-0.25, -0.2) is 4.98 Å². The number of aromatic nitrogens is 3. The maximum absolute atomic E-state index is 10.9. The van der Waals surface area contributed by atoms with Crippen LogP contribution in [-0.4, -0.2) is 14.4 Å². The van der Waals surface area contributed by atoms with Crippen molar-refractivity contribution in [1.29, 1.82) is 0 Å². The number of aryl methyl sites for hydroxylation is 2. The zero-order valence-corrected chi connectivity index (χ0v) is 6.96. The molecule has 0 radical (unpaired) electrons. The summed E-state index contributed by atoms with van der Waals surface area (Å²) in [4.78, 5) is 17.7. The number of nitrogens with one attached hydrogen (secondary N) is 1. The topological polar surface area (TPSA) is 50.2 Å². The van der Waals surface area contributed by atoms with E-state index in [0.717, 1.165) is 11.4 Å². The zero-order valence-electron chi connectivity index (χ0n) is 6.96. The minimum Gasteiger partial charge on any atom is -0.292 e. The Morgan fingerprint density at radius 3 is 3.00 bits per heavy atom. The van der Waals surface area contributed by atoms with Crippen molar-refractivity contribution in [3.8, 4) is 0 Å². The van der Waals surface area contributed by atoms with Crippen molar-refractivity contribution in [3.05, 3.63) is 34.0 Å². The third kappa shape index (κ3) is 0.845. The fourth-order valence-corrected chi connectivity index (χ4v) is 1.19. The van der Waals surface area contributed by atoms with E-state index in [4.69, 9.17) is 0 Å². The Labute approximate surface area is 68.9 Å². The standard InChI is InChI=1S/C8H9N3O/c1-5-6(2)11-4-3-7(12)10-8(11)9-5/h3-4H,1-2H3,(H,9,10,12). The van der Waals surface area contributed by atoms with Crippen LogP contribution in [0.25, 0.3) is 5.78 Å². The molecule has 2 aromatic heterocycles. The first-order valence-corrected chi connectivity index (χ1v) is 3.73. The number of aromatic amines is 1. The Balaban J connectivity index is 2.96. The molecule has 62 valence electrons. The summed E-state index contributed by atoms with van der Waals surface area (Å²) in [5.41, 5.74) is 1.88. The molecule has 0 aromatic carbocycles. The van der Waals surface area contributed by atoms with Crippen LogP contribution >= 0.6 is 0 Å². The van der Waals surface area contributed by atoms with Gasteiger partial charge in [0.25, 0.3) is 5.56 Å². The van der Waals surface area contributed by atoms with Crippen molar-refractivity contribution >= 4 is 5.78 Å². The summed E-state index contributed by atoms with van der Waals surface area (Å²) in [6, 6.07) is 1.49. The molecule has 1 N–H and O–H groups in total. The summed E-state index contributed by atoms with van der Waals surface area (Å²) < 4.78 is 1.86. The predicted molar refractivity (Wildman–Crippen MR) is 45.3 cm³/mol. The van der Waals surface area contributed by atoms with Crippen molar-refractivity contribution < 1.29 is 0 Å². The van der Waals surface area contributed by atoms with Crippen molar-refractivity contribution in [2.24, 2.45) is 0 Å². The van der Waals surface area contributed by atoms with E-state index in [9.17, 15) is 4.79 Å². The second kappa shape index (κ2) is 2.20. The first-order valence-electron chi connectivity index (χ1n) is 3.73. The lowest BCUT2D eigenvalue weighted by atomic mass is 10.4. The van der Waals surface area contributed by atoms with Gasteiger partial charge in [-0.3, -0.25) is 14.2 Å². The number of H-pyrrole nitrogens is 1. The Morgan fingerprint density at radius 2 is 2.25 bits per heavy atom. The van der Waals surface area contributed by atoms with Crippen molar-refractivity contribution in [2.75, 3.05) is 0 Å². The molecule has 0 amide bonds. The molecule has 2 rings (SSSR count). The van der Waals surface area contributed by atoms with Crippen molar-refractivity contribution in [3.63, 3.8) is 0 Å². The van der Waals surface area contributed by atoms with E-state index in [1.807, 2.05) is 18.2 Å². The van der Waals surface area contributed by atoms with Gasteiger partial charge in [-0.15, -0.1) is 0 Å².